The van der Waals surface area contributed by atoms with Crippen LogP contribution in [-0.2, 0) is 11.0 Å². The molecule has 0 spiro atoms. The van der Waals surface area contributed by atoms with Crippen molar-refractivity contribution in [3.63, 3.8) is 0 Å². The summed E-state index contributed by atoms with van der Waals surface area (Å²) < 4.78 is 39.4. The van der Waals surface area contributed by atoms with Crippen molar-refractivity contribution in [1.82, 2.24) is 10.3 Å². The molecule has 1 heterocycles. The molecule has 0 bridgehead atoms. The van der Waals surface area contributed by atoms with E-state index in [9.17, 15) is 18.0 Å². The van der Waals surface area contributed by atoms with Gasteiger partial charge in [0.2, 0.25) is 0 Å². The molecule has 1 unspecified atom stereocenters. The molecule has 1 amide bonds. The maximum absolute atomic E-state index is 13.1. The number of pyridine rings is 1. The first kappa shape index (κ1) is 23.0. The van der Waals surface area contributed by atoms with E-state index in [1.165, 1.54) is 24.4 Å². The maximum atomic E-state index is 13.1. The molecule has 29 heavy (non-hydrogen) atoms. The molecule has 0 saturated heterocycles. The second kappa shape index (κ2) is 9.93. The van der Waals surface area contributed by atoms with E-state index < -0.39 is 23.2 Å². The zero-order valence-corrected chi connectivity index (χ0v) is 17.1. The standard InChI is InChI=1S/C19H18Cl2F3N3O2/c1-3-11(2)29-27-16(17-15(21)8-12(20)9-25-17)10-26-18(28)13-6-4-5-7-14(13)19(22,23)24/h4-9,11H,3,10H2,1-2H3,(H,26,28)/b27-16-. The molecule has 5 nitrogen and oxygen atoms in total. The third-order valence-electron chi connectivity index (χ3n) is 3.89. The lowest BCUT2D eigenvalue weighted by atomic mass is 10.1. The summed E-state index contributed by atoms with van der Waals surface area (Å²) in [5.41, 5.74) is -1.19. The average Bonchev–Trinajstić information content (AvgIpc) is 2.67. The molecule has 1 aromatic carbocycles. The summed E-state index contributed by atoms with van der Waals surface area (Å²) >= 11 is 12.0. The summed E-state index contributed by atoms with van der Waals surface area (Å²) in [6.45, 7) is 3.43. The van der Waals surface area contributed by atoms with Crippen molar-refractivity contribution in [3.05, 3.63) is 63.4 Å². The molecule has 0 aliphatic heterocycles. The number of aromatic nitrogens is 1. The number of alkyl halides is 3. The highest BCUT2D eigenvalue weighted by Crippen LogP contribution is 2.31. The van der Waals surface area contributed by atoms with Gasteiger partial charge in [0.1, 0.15) is 17.5 Å². The molecule has 156 valence electrons. The Morgan fingerprint density at radius 3 is 2.62 bits per heavy atom. The van der Waals surface area contributed by atoms with Gasteiger partial charge in [-0.15, -0.1) is 0 Å². The highest BCUT2D eigenvalue weighted by atomic mass is 35.5. The monoisotopic (exact) mass is 447 g/mol. The molecule has 0 saturated carbocycles. The van der Waals surface area contributed by atoms with Crippen molar-refractivity contribution < 1.29 is 22.8 Å². The van der Waals surface area contributed by atoms with Crippen LogP contribution in [0.1, 0.15) is 41.9 Å². The van der Waals surface area contributed by atoms with E-state index >= 15 is 0 Å². The number of hydrogen-bond donors (Lipinski definition) is 1. The van der Waals surface area contributed by atoms with Crippen LogP contribution < -0.4 is 5.32 Å². The Bertz CT molecular complexity index is 905. The second-order valence-electron chi connectivity index (χ2n) is 6.07. The number of carbonyl (C=O) groups excluding carboxylic acids is 1. The van der Waals surface area contributed by atoms with Crippen molar-refractivity contribution in [3.8, 4) is 0 Å². The number of oxime groups is 1. The Labute approximate surface area is 175 Å². The van der Waals surface area contributed by atoms with Crippen molar-refractivity contribution in [2.75, 3.05) is 6.54 Å². The number of hydrogen-bond acceptors (Lipinski definition) is 4. The first-order valence-electron chi connectivity index (χ1n) is 8.62. The fourth-order valence-corrected chi connectivity index (χ4v) is 2.69. The van der Waals surface area contributed by atoms with Crippen LogP contribution in [0.15, 0.2) is 41.7 Å². The number of benzene rings is 1. The molecule has 0 aliphatic carbocycles. The fraction of sp³-hybridized carbons (Fsp3) is 0.316. The second-order valence-corrected chi connectivity index (χ2v) is 6.92. The molecule has 1 N–H and O–H groups in total. The van der Waals surface area contributed by atoms with E-state index in [1.807, 2.05) is 6.92 Å². The summed E-state index contributed by atoms with van der Waals surface area (Å²) in [6, 6.07) is 5.93. The highest BCUT2D eigenvalue weighted by Gasteiger charge is 2.34. The van der Waals surface area contributed by atoms with Crippen molar-refractivity contribution >= 4 is 34.8 Å². The van der Waals surface area contributed by atoms with Crippen LogP contribution in [0.4, 0.5) is 13.2 Å². The first-order chi connectivity index (χ1) is 13.6. The van der Waals surface area contributed by atoms with Gasteiger partial charge in [-0.25, -0.2) is 0 Å². The van der Waals surface area contributed by atoms with Gasteiger partial charge in [0.15, 0.2) is 0 Å². The van der Waals surface area contributed by atoms with Crippen LogP contribution in [0.2, 0.25) is 10.0 Å². The normalized spacial score (nSPS) is 13.1. The van der Waals surface area contributed by atoms with Crippen LogP contribution in [-0.4, -0.2) is 29.3 Å². The number of carbonyl (C=O) groups is 1. The van der Waals surface area contributed by atoms with Gasteiger partial charge in [0.05, 0.1) is 27.7 Å². The van der Waals surface area contributed by atoms with E-state index in [1.54, 1.807) is 6.92 Å². The minimum atomic E-state index is -4.66. The van der Waals surface area contributed by atoms with Gasteiger partial charge in [-0.05, 0) is 31.5 Å². The molecule has 2 rings (SSSR count). The van der Waals surface area contributed by atoms with Crippen LogP contribution in [0.5, 0.6) is 0 Å². The van der Waals surface area contributed by atoms with E-state index in [0.717, 1.165) is 12.1 Å². The van der Waals surface area contributed by atoms with E-state index in [2.05, 4.69) is 15.5 Å². The number of halogens is 5. The van der Waals surface area contributed by atoms with Crippen molar-refractivity contribution in [2.24, 2.45) is 5.16 Å². The fourth-order valence-electron chi connectivity index (χ4n) is 2.20. The number of nitrogens with one attached hydrogen (secondary N) is 1. The predicted molar refractivity (Wildman–Crippen MR) is 105 cm³/mol. The van der Waals surface area contributed by atoms with E-state index in [-0.39, 0.29) is 29.1 Å². The molecular weight excluding hydrogens is 430 g/mol. The molecule has 10 heteroatoms. The molecule has 2 aromatic rings. The smallest absolute Gasteiger partial charge is 0.392 e. The summed E-state index contributed by atoms with van der Waals surface area (Å²) in [6.07, 6.45) is -2.88. The lowest BCUT2D eigenvalue weighted by Crippen LogP contribution is -2.32. The van der Waals surface area contributed by atoms with E-state index in [0.29, 0.717) is 11.4 Å². The van der Waals surface area contributed by atoms with Crippen LogP contribution in [0, 0.1) is 0 Å². The molecule has 0 radical (unpaired) electrons. The minimum Gasteiger partial charge on any atom is -0.392 e. The number of rotatable bonds is 7. The quantitative estimate of drug-likeness (QED) is 0.459. The topological polar surface area (TPSA) is 63.6 Å². The SMILES string of the molecule is CCC(C)O/N=C(/CNC(=O)c1ccccc1C(F)(F)F)c1ncc(Cl)cc1Cl. The summed E-state index contributed by atoms with van der Waals surface area (Å²) in [5.74, 6) is -0.917. The lowest BCUT2D eigenvalue weighted by Gasteiger charge is -2.14. The Kier molecular flexibility index (Phi) is 7.87. The zero-order chi connectivity index (χ0) is 21.6. The van der Waals surface area contributed by atoms with Gasteiger partial charge >= 0.3 is 6.18 Å². The third-order valence-corrected chi connectivity index (χ3v) is 4.39. The first-order valence-corrected chi connectivity index (χ1v) is 9.37. The van der Waals surface area contributed by atoms with Gasteiger partial charge in [-0.3, -0.25) is 9.78 Å². The Balaban J connectivity index is 2.28. The van der Waals surface area contributed by atoms with Crippen molar-refractivity contribution in [2.45, 2.75) is 32.5 Å². The Morgan fingerprint density at radius 1 is 1.31 bits per heavy atom. The van der Waals surface area contributed by atoms with E-state index in [4.69, 9.17) is 28.0 Å². The van der Waals surface area contributed by atoms with Crippen molar-refractivity contribution in [1.29, 1.82) is 0 Å². The van der Waals surface area contributed by atoms with Gasteiger partial charge in [0.25, 0.3) is 5.91 Å². The van der Waals surface area contributed by atoms with Crippen LogP contribution in [0.3, 0.4) is 0 Å². The Morgan fingerprint density at radius 2 is 2.00 bits per heavy atom. The third kappa shape index (κ3) is 6.33. The molecule has 1 aromatic heterocycles. The summed E-state index contributed by atoms with van der Waals surface area (Å²) in [7, 11) is 0. The minimum absolute atomic E-state index is 0.143. The lowest BCUT2D eigenvalue weighted by molar-refractivity contribution is -0.137. The summed E-state index contributed by atoms with van der Waals surface area (Å²) in [4.78, 5) is 21.8. The highest BCUT2D eigenvalue weighted by molar-refractivity contribution is 6.36. The maximum Gasteiger partial charge on any atom is 0.417 e. The molecule has 0 aliphatic rings. The van der Waals surface area contributed by atoms with Gasteiger partial charge in [-0.2, -0.15) is 13.2 Å². The molecule has 1 atom stereocenters. The van der Waals surface area contributed by atoms with Gasteiger partial charge in [0, 0.05) is 6.20 Å². The van der Waals surface area contributed by atoms with Crippen LogP contribution >= 0.6 is 23.2 Å². The molecular formula is C19H18Cl2F3N3O2. The predicted octanol–water partition coefficient (Wildman–Crippen LogP) is 5.36. The zero-order valence-electron chi connectivity index (χ0n) is 15.6. The van der Waals surface area contributed by atoms with Gasteiger partial charge < -0.3 is 10.2 Å². The summed E-state index contributed by atoms with van der Waals surface area (Å²) in [5, 5.41) is 6.85. The largest absolute Gasteiger partial charge is 0.417 e. The Hall–Kier alpha value is -2.32. The average molecular weight is 448 g/mol. The van der Waals surface area contributed by atoms with Crippen LogP contribution in [0.25, 0.3) is 0 Å². The molecule has 0 fully saturated rings. The number of nitrogens with zero attached hydrogens (tertiary/aromatic N) is 2. The number of amides is 1. The van der Waals surface area contributed by atoms with Gasteiger partial charge in [-0.1, -0.05) is 47.4 Å².